The fraction of sp³-hybridized carbons (Fsp3) is 0.238. The van der Waals surface area contributed by atoms with E-state index in [1.807, 2.05) is 48.7 Å². The van der Waals surface area contributed by atoms with Crippen LogP contribution in [0.5, 0.6) is 0 Å². The normalized spacial score (nSPS) is 11.0. The number of carbonyl (C=O) groups is 2. The topological polar surface area (TPSA) is 115 Å². The van der Waals surface area contributed by atoms with Crippen molar-refractivity contribution in [3.63, 3.8) is 0 Å². The van der Waals surface area contributed by atoms with Crippen molar-refractivity contribution in [1.29, 1.82) is 5.26 Å². The van der Waals surface area contributed by atoms with Gasteiger partial charge in [0.05, 0.1) is 12.5 Å². The lowest BCUT2D eigenvalue weighted by Crippen LogP contribution is -2.15. The molecule has 0 saturated heterocycles. The van der Waals surface area contributed by atoms with E-state index < -0.39 is 12.6 Å². The lowest BCUT2D eigenvalue weighted by atomic mass is 10.1. The Bertz CT molecular complexity index is 1330. The van der Waals surface area contributed by atoms with Crippen LogP contribution >= 0.6 is 0 Å². The van der Waals surface area contributed by atoms with E-state index in [0.29, 0.717) is 24.3 Å². The first-order valence-electron chi connectivity index (χ1n) is 9.34. The van der Waals surface area contributed by atoms with E-state index in [-0.39, 0.29) is 11.6 Å². The minimum absolute atomic E-state index is 0.152. The molecular weight excluding hydrogens is 384 g/mol. The Labute approximate surface area is 171 Å². The third-order valence-electron chi connectivity index (χ3n) is 4.69. The molecule has 150 valence electrons. The van der Waals surface area contributed by atoms with Crippen LogP contribution in [0.3, 0.4) is 0 Å². The summed E-state index contributed by atoms with van der Waals surface area (Å²) in [6, 6.07) is 11.3. The van der Waals surface area contributed by atoms with Crippen LogP contribution in [0.2, 0.25) is 0 Å². The molecule has 3 aromatic heterocycles. The SMILES string of the molecule is Cc1cc(C)n2nc(C(=O)OCC(=O)c3cn(CCC#N)c4ccccc34)nc2n1. The number of fused-ring (bicyclic) bond motifs is 2. The summed E-state index contributed by atoms with van der Waals surface area (Å²) in [7, 11) is 0. The molecule has 0 radical (unpaired) electrons. The summed E-state index contributed by atoms with van der Waals surface area (Å²) < 4.78 is 8.47. The number of benzene rings is 1. The molecule has 0 unspecified atom stereocenters. The van der Waals surface area contributed by atoms with Crippen LogP contribution in [0.25, 0.3) is 16.7 Å². The zero-order chi connectivity index (χ0) is 21.3. The minimum atomic E-state index is -0.792. The molecule has 9 heteroatoms. The zero-order valence-corrected chi connectivity index (χ0v) is 16.5. The van der Waals surface area contributed by atoms with Gasteiger partial charge in [0, 0.05) is 40.6 Å². The Balaban J connectivity index is 1.53. The number of esters is 1. The number of ketones is 1. The highest BCUT2D eigenvalue weighted by Crippen LogP contribution is 2.22. The summed E-state index contributed by atoms with van der Waals surface area (Å²) in [6.07, 6.45) is 2.02. The Morgan fingerprint density at radius 1 is 1.20 bits per heavy atom. The average Bonchev–Trinajstić information content (AvgIpc) is 3.32. The Morgan fingerprint density at radius 3 is 2.80 bits per heavy atom. The lowest BCUT2D eigenvalue weighted by Gasteiger charge is -2.01. The monoisotopic (exact) mass is 402 g/mol. The molecule has 0 aliphatic heterocycles. The first kappa shape index (κ1) is 19.3. The van der Waals surface area contributed by atoms with E-state index in [9.17, 15) is 9.59 Å². The molecule has 1 aromatic carbocycles. The number of hydrogen-bond donors (Lipinski definition) is 0. The zero-order valence-electron chi connectivity index (χ0n) is 16.5. The van der Waals surface area contributed by atoms with E-state index in [4.69, 9.17) is 10.00 Å². The van der Waals surface area contributed by atoms with Crippen molar-refractivity contribution in [3.8, 4) is 6.07 Å². The molecule has 9 nitrogen and oxygen atoms in total. The Hall–Kier alpha value is -4.06. The predicted molar refractivity (Wildman–Crippen MR) is 107 cm³/mol. The van der Waals surface area contributed by atoms with Gasteiger partial charge in [-0.1, -0.05) is 18.2 Å². The Kier molecular flexibility index (Phi) is 4.98. The van der Waals surface area contributed by atoms with Gasteiger partial charge in [-0.15, -0.1) is 5.10 Å². The molecule has 4 aromatic rings. The molecule has 4 rings (SSSR count). The largest absolute Gasteiger partial charge is 0.451 e. The maximum absolute atomic E-state index is 12.7. The number of ether oxygens (including phenoxy) is 1. The fourth-order valence-electron chi connectivity index (χ4n) is 3.35. The molecule has 0 saturated carbocycles. The van der Waals surface area contributed by atoms with Gasteiger partial charge in [-0.3, -0.25) is 4.79 Å². The standard InChI is InChI=1S/C21H18N6O3/c1-13-10-14(2)27-21(23-13)24-19(25-27)20(29)30-12-18(28)16-11-26(9-5-8-22)17-7-4-3-6-15(16)17/h3-4,6-7,10-11H,5,9,12H2,1-2H3. The van der Waals surface area contributed by atoms with E-state index in [1.165, 1.54) is 4.52 Å². The molecule has 0 atom stereocenters. The third-order valence-corrected chi connectivity index (χ3v) is 4.69. The molecule has 0 aliphatic carbocycles. The van der Waals surface area contributed by atoms with Crippen molar-refractivity contribution in [2.45, 2.75) is 26.8 Å². The van der Waals surface area contributed by atoms with Gasteiger partial charge < -0.3 is 9.30 Å². The first-order chi connectivity index (χ1) is 14.5. The number of nitrogens with zero attached hydrogens (tertiary/aromatic N) is 6. The molecule has 0 spiro atoms. The van der Waals surface area contributed by atoms with Crippen molar-refractivity contribution in [1.82, 2.24) is 24.1 Å². The summed E-state index contributed by atoms with van der Waals surface area (Å²) in [4.78, 5) is 33.4. The predicted octanol–water partition coefficient (Wildman–Crippen LogP) is 2.65. The summed E-state index contributed by atoms with van der Waals surface area (Å²) in [6.45, 7) is 3.69. The summed E-state index contributed by atoms with van der Waals surface area (Å²) >= 11 is 0. The average molecular weight is 402 g/mol. The number of Topliss-reactive ketones (excluding diaryl/α,β-unsaturated/α-hetero) is 1. The number of rotatable bonds is 6. The molecule has 3 heterocycles. The number of aryl methyl sites for hydroxylation is 3. The van der Waals surface area contributed by atoms with E-state index >= 15 is 0 Å². The molecule has 0 N–H and O–H groups in total. The highest BCUT2D eigenvalue weighted by atomic mass is 16.5. The smallest absolute Gasteiger partial charge is 0.378 e. The van der Waals surface area contributed by atoms with Gasteiger partial charge in [0.15, 0.2) is 6.61 Å². The quantitative estimate of drug-likeness (QED) is 0.360. The van der Waals surface area contributed by atoms with E-state index in [2.05, 4.69) is 21.1 Å². The second kappa shape index (κ2) is 7.75. The van der Waals surface area contributed by atoms with Crippen molar-refractivity contribution < 1.29 is 14.3 Å². The minimum Gasteiger partial charge on any atom is -0.451 e. The van der Waals surface area contributed by atoms with Gasteiger partial charge in [0.1, 0.15) is 0 Å². The molecule has 0 aliphatic rings. The van der Waals surface area contributed by atoms with Crippen LogP contribution in [-0.2, 0) is 11.3 Å². The van der Waals surface area contributed by atoms with Crippen LogP contribution in [0.1, 0.15) is 38.8 Å². The summed E-state index contributed by atoms with van der Waals surface area (Å²) in [5.41, 5.74) is 2.83. The van der Waals surface area contributed by atoms with Gasteiger partial charge in [0.25, 0.3) is 11.6 Å². The van der Waals surface area contributed by atoms with Crippen LogP contribution < -0.4 is 0 Å². The van der Waals surface area contributed by atoms with Crippen molar-refractivity contribution in [3.05, 3.63) is 59.3 Å². The number of nitriles is 1. The third kappa shape index (κ3) is 3.51. The van der Waals surface area contributed by atoms with Crippen LogP contribution in [0.4, 0.5) is 0 Å². The van der Waals surface area contributed by atoms with Crippen LogP contribution in [0.15, 0.2) is 36.5 Å². The summed E-state index contributed by atoms with van der Waals surface area (Å²) in [5.74, 6) is -0.991. The van der Waals surface area contributed by atoms with Crippen molar-refractivity contribution in [2.24, 2.45) is 0 Å². The number of para-hydroxylation sites is 1. The number of carbonyl (C=O) groups excluding carboxylic acids is 2. The van der Waals surface area contributed by atoms with Crippen molar-refractivity contribution in [2.75, 3.05) is 6.61 Å². The van der Waals surface area contributed by atoms with Gasteiger partial charge in [-0.05, 0) is 26.0 Å². The fourth-order valence-corrected chi connectivity index (χ4v) is 3.35. The van der Waals surface area contributed by atoms with Crippen LogP contribution in [-0.4, -0.2) is 42.5 Å². The molecule has 0 bridgehead atoms. The van der Waals surface area contributed by atoms with Gasteiger partial charge >= 0.3 is 5.97 Å². The molecular formula is C21H18N6O3. The lowest BCUT2D eigenvalue weighted by molar-refractivity contribution is 0.0463. The highest BCUT2D eigenvalue weighted by Gasteiger charge is 2.20. The second-order valence-corrected chi connectivity index (χ2v) is 6.85. The van der Waals surface area contributed by atoms with Gasteiger partial charge in [0.2, 0.25) is 5.78 Å². The number of aromatic nitrogens is 5. The molecule has 30 heavy (non-hydrogen) atoms. The second-order valence-electron chi connectivity index (χ2n) is 6.85. The molecule has 0 fully saturated rings. The van der Waals surface area contributed by atoms with Crippen molar-refractivity contribution >= 4 is 28.4 Å². The van der Waals surface area contributed by atoms with Crippen LogP contribution in [0, 0.1) is 25.2 Å². The highest BCUT2D eigenvalue weighted by molar-refractivity contribution is 6.09. The first-order valence-corrected chi connectivity index (χ1v) is 9.34. The van der Waals surface area contributed by atoms with Gasteiger partial charge in [-0.2, -0.15) is 10.2 Å². The van der Waals surface area contributed by atoms with E-state index in [1.54, 1.807) is 6.20 Å². The summed E-state index contributed by atoms with van der Waals surface area (Å²) in [5, 5.41) is 13.7. The number of hydrogen-bond acceptors (Lipinski definition) is 7. The maximum atomic E-state index is 12.7. The maximum Gasteiger partial charge on any atom is 0.378 e. The van der Waals surface area contributed by atoms with Gasteiger partial charge in [-0.25, -0.2) is 14.3 Å². The Morgan fingerprint density at radius 2 is 2.00 bits per heavy atom. The molecule has 0 amide bonds. The van der Waals surface area contributed by atoms with E-state index in [0.717, 1.165) is 22.3 Å².